The molecular weight excluding hydrogens is 667 g/mol. The van der Waals surface area contributed by atoms with E-state index in [0.717, 1.165) is 67.7 Å². The number of fused-ring (bicyclic) bond motifs is 7. The maximum Gasteiger partial charge on any atom is 0.262 e. The van der Waals surface area contributed by atoms with Gasteiger partial charge >= 0.3 is 0 Å². The number of hydrogen-bond acceptors (Lipinski definition) is 6. The van der Waals surface area contributed by atoms with Crippen LogP contribution in [0.15, 0.2) is 79.0 Å². The van der Waals surface area contributed by atoms with Crippen LogP contribution in [0.1, 0.15) is 91.8 Å². The van der Waals surface area contributed by atoms with Gasteiger partial charge in [-0.15, -0.1) is 0 Å². The molecule has 3 heterocycles. The van der Waals surface area contributed by atoms with Gasteiger partial charge in [-0.1, -0.05) is 76.6 Å². The topological polar surface area (TPSA) is 69.8 Å². The molecule has 3 aliphatic rings. The number of nitrogens with zero attached hydrogens (tertiary/aromatic N) is 4. The number of aromatic nitrogens is 1. The molecule has 0 bridgehead atoms. The van der Waals surface area contributed by atoms with Crippen LogP contribution >= 0.6 is 12.1 Å². The average Bonchev–Trinajstić information content (AvgIpc) is 4.02. The summed E-state index contributed by atoms with van der Waals surface area (Å²) in [5, 5.41) is 1.18. The molecule has 1 N–H and O–H groups in total. The summed E-state index contributed by atoms with van der Waals surface area (Å²) in [5.74, 6) is 1.25. The Labute approximate surface area is 313 Å². The van der Waals surface area contributed by atoms with Crippen LogP contribution in [0.5, 0.6) is 5.75 Å². The first-order valence-electron chi connectivity index (χ1n) is 18.9. The van der Waals surface area contributed by atoms with Crippen LogP contribution in [0, 0.1) is 5.41 Å². The molecule has 1 aromatic heterocycles. The van der Waals surface area contributed by atoms with E-state index in [2.05, 4.69) is 91.1 Å². The summed E-state index contributed by atoms with van der Waals surface area (Å²) in [7, 11) is 5.91. The highest BCUT2D eigenvalue weighted by Gasteiger charge is 2.67. The van der Waals surface area contributed by atoms with Gasteiger partial charge in [0.25, 0.3) is 5.91 Å². The molecule has 2 fully saturated rings. The van der Waals surface area contributed by atoms with E-state index in [4.69, 9.17) is 4.74 Å². The van der Waals surface area contributed by atoms with Gasteiger partial charge < -0.3 is 19.1 Å². The molecule has 1 saturated heterocycles. The lowest BCUT2D eigenvalue weighted by Gasteiger charge is -2.21. The fourth-order valence-electron chi connectivity index (χ4n) is 8.46. The van der Waals surface area contributed by atoms with Crippen molar-refractivity contribution in [1.82, 2.24) is 23.4 Å². The van der Waals surface area contributed by atoms with E-state index < -0.39 is 5.41 Å². The highest BCUT2D eigenvalue weighted by Crippen LogP contribution is 2.67. The number of carbonyl (C=O) groups is 2. The molecule has 2 amide bonds. The molecule has 2 aliphatic heterocycles. The minimum atomic E-state index is -0.617. The van der Waals surface area contributed by atoms with Gasteiger partial charge in [-0.2, -0.15) is 0 Å². The fraction of sp³-hybridized carbons (Fsp3) is 0.442. The zero-order chi connectivity index (χ0) is 36.7. The molecule has 0 radical (unpaired) electrons. The largest absolute Gasteiger partial charge is 0.489 e. The summed E-state index contributed by atoms with van der Waals surface area (Å²) in [5.41, 5.74) is 7.94. The maximum absolute atomic E-state index is 14.9. The third-order valence-corrected chi connectivity index (χ3v) is 12.0. The molecule has 0 spiro atoms. The number of carbonyl (C=O) groups excluding carboxylic acids is 2. The lowest BCUT2D eigenvalue weighted by atomic mass is 9.85. The van der Waals surface area contributed by atoms with Gasteiger partial charge in [-0.25, -0.2) is 4.31 Å². The lowest BCUT2D eigenvalue weighted by molar-refractivity contribution is -0.132. The van der Waals surface area contributed by atoms with Gasteiger partial charge in [0.05, 0.1) is 17.2 Å². The van der Waals surface area contributed by atoms with E-state index in [1.165, 1.54) is 39.9 Å². The smallest absolute Gasteiger partial charge is 0.262 e. The first-order chi connectivity index (χ1) is 25.1. The third kappa shape index (κ3) is 6.67. The van der Waals surface area contributed by atoms with Crippen LogP contribution in [-0.4, -0.2) is 70.8 Å². The summed E-state index contributed by atoms with van der Waals surface area (Å²) in [4.78, 5) is 32.6. The van der Waals surface area contributed by atoms with Crippen LogP contribution in [0.25, 0.3) is 22.2 Å². The standard InChI is InChI=1S/C43H53N5O3S/c1-8-14-30(15-9-2)39-34-20-18-31(41(49)44-52-45(5)6)22-37(34)47-27-43(42(50)48-28(4)38(48)25-46(7)10-3)24-36(43)35-23-32(19-21-33(35)40(39)47)51-26-29-16-12-11-13-17-29/h11-13,16-23,30,36,38H,4,8-10,14-15,24-27H2,1-3,5-7H3,(H,44,49). The highest BCUT2D eigenvalue weighted by atomic mass is 32.2. The van der Waals surface area contributed by atoms with E-state index in [9.17, 15) is 9.59 Å². The molecule has 274 valence electrons. The Morgan fingerprint density at radius 3 is 2.46 bits per heavy atom. The van der Waals surface area contributed by atoms with E-state index >= 15 is 0 Å². The molecule has 4 aromatic rings. The molecular formula is C43H53N5O3S. The van der Waals surface area contributed by atoms with Crippen molar-refractivity contribution in [1.29, 1.82) is 0 Å². The van der Waals surface area contributed by atoms with Crippen molar-refractivity contribution in [2.45, 2.75) is 83.9 Å². The minimum absolute atomic E-state index is 0.0377. The van der Waals surface area contributed by atoms with Gasteiger partial charge in [0.1, 0.15) is 12.4 Å². The first kappa shape index (κ1) is 36.3. The summed E-state index contributed by atoms with van der Waals surface area (Å²) < 4.78 is 13.7. The van der Waals surface area contributed by atoms with Crippen LogP contribution < -0.4 is 9.46 Å². The molecule has 1 aliphatic carbocycles. The predicted octanol–water partition coefficient (Wildman–Crippen LogP) is 8.59. The van der Waals surface area contributed by atoms with Crippen molar-refractivity contribution in [2.75, 3.05) is 34.2 Å². The van der Waals surface area contributed by atoms with Crippen LogP contribution in [0.3, 0.4) is 0 Å². The molecule has 3 unspecified atom stereocenters. The van der Waals surface area contributed by atoms with Crippen molar-refractivity contribution in [3.63, 3.8) is 0 Å². The number of benzene rings is 3. The zero-order valence-corrected chi connectivity index (χ0v) is 32.4. The minimum Gasteiger partial charge on any atom is -0.489 e. The van der Waals surface area contributed by atoms with Crippen molar-refractivity contribution in [2.24, 2.45) is 5.41 Å². The number of amides is 2. The lowest BCUT2D eigenvalue weighted by Crippen LogP contribution is -2.33. The maximum atomic E-state index is 14.9. The highest BCUT2D eigenvalue weighted by molar-refractivity contribution is 7.95. The van der Waals surface area contributed by atoms with E-state index in [0.29, 0.717) is 24.6 Å². The quantitative estimate of drug-likeness (QED) is 0.0981. The van der Waals surface area contributed by atoms with Gasteiger partial charge in [0, 0.05) is 58.9 Å². The number of nitrogens with one attached hydrogen (secondary N) is 1. The second-order valence-electron chi connectivity index (χ2n) is 15.2. The molecule has 3 aromatic carbocycles. The van der Waals surface area contributed by atoms with Gasteiger partial charge in [-0.05, 0) is 99.9 Å². The summed E-state index contributed by atoms with van der Waals surface area (Å²) in [6.45, 7) is 13.8. The van der Waals surface area contributed by atoms with E-state index in [-0.39, 0.29) is 23.8 Å². The van der Waals surface area contributed by atoms with Gasteiger partial charge in [0.2, 0.25) is 5.91 Å². The van der Waals surface area contributed by atoms with E-state index in [1.807, 2.05) is 47.6 Å². The predicted molar refractivity (Wildman–Crippen MR) is 212 cm³/mol. The Hall–Kier alpha value is -4.05. The zero-order valence-electron chi connectivity index (χ0n) is 31.6. The molecule has 52 heavy (non-hydrogen) atoms. The molecule has 9 heteroatoms. The van der Waals surface area contributed by atoms with Crippen molar-refractivity contribution in [3.05, 3.63) is 101 Å². The summed E-state index contributed by atoms with van der Waals surface area (Å²) in [6.07, 6.45) is 5.07. The monoisotopic (exact) mass is 719 g/mol. The second-order valence-corrected chi connectivity index (χ2v) is 16.3. The number of ether oxygens (including phenoxy) is 1. The second kappa shape index (κ2) is 14.8. The summed E-state index contributed by atoms with van der Waals surface area (Å²) >= 11 is 1.27. The number of rotatable bonds is 15. The van der Waals surface area contributed by atoms with Crippen LogP contribution in [0.4, 0.5) is 0 Å². The SMILES string of the molecule is C=C1C(CN(C)CC)N1C(=O)C12CC1c1cc(OCc3ccccc3)ccc1-c1c(C(CCC)CCC)c3ccc(C(=O)NSN(C)C)cc3n1C2. The van der Waals surface area contributed by atoms with Crippen molar-refractivity contribution < 1.29 is 14.3 Å². The van der Waals surface area contributed by atoms with Crippen LogP contribution in [0.2, 0.25) is 0 Å². The average molecular weight is 720 g/mol. The number of likely N-dealkylation sites (N-methyl/N-ethyl adjacent to an activating group) is 1. The molecule has 8 nitrogen and oxygen atoms in total. The Balaban J connectivity index is 1.39. The summed E-state index contributed by atoms with van der Waals surface area (Å²) in [6, 6.07) is 23.0. The fourth-order valence-corrected chi connectivity index (χ4v) is 8.85. The van der Waals surface area contributed by atoms with Gasteiger partial charge in [0.15, 0.2) is 0 Å². The Bertz CT molecular complexity index is 1980. The normalized spacial score (nSPS) is 20.2. The van der Waals surface area contributed by atoms with E-state index in [1.54, 1.807) is 0 Å². The van der Waals surface area contributed by atoms with Crippen molar-refractivity contribution in [3.8, 4) is 17.0 Å². The third-order valence-electron chi connectivity index (χ3n) is 11.4. The first-order valence-corrected chi connectivity index (χ1v) is 19.7. The van der Waals surface area contributed by atoms with Crippen molar-refractivity contribution >= 4 is 34.9 Å². The Kier molecular flexibility index (Phi) is 10.3. The Morgan fingerprint density at radius 2 is 1.77 bits per heavy atom. The van der Waals surface area contributed by atoms with Crippen LogP contribution in [-0.2, 0) is 17.9 Å². The number of hydrogen-bond donors (Lipinski definition) is 1. The van der Waals surface area contributed by atoms with Gasteiger partial charge in [-0.3, -0.25) is 14.3 Å². The Morgan fingerprint density at radius 1 is 1.02 bits per heavy atom. The molecule has 7 rings (SSSR count). The molecule has 3 atom stereocenters. The molecule has 1 saturated carbocycles.